The van der Waals surface area contributed by atoms with Crippen LogP contribution in [0, 0.1) is 13.8 Å². The fourth-order valence-corrected chi connectivity index (χ4v) is 4.93. The Morgan fingerprint density at radius 3 is 1.57 bits per heavy atom. The molecule has 0 bridgehead atoms. The molecular formula is C28H42LiO7P. The fraction of sp³-hybridized carbons (Fsp3) is 0.536. The molecule has 1 unspecified atom stereocenters. The molecular weight excluding hydrogens is 486 g/mol. The number of hydrogen-bond acceptors (Lipinski definition) is 7. The Labute approximate surface area is 235 Å². The predicted molar refractivity (Wildman–Crippen MR) is 153 cm³/mol. The van der Waals surface area contributed by atoms with E-state index in [1.165, 1.54) is 5.56 Å². The number of carbonyl (C=O) groups excluding carboxylic acids is 1. The average molecular weight is 529 g/mol. The molecule has 0 fully saturated rings. The molecule has 0 amide bonds. The van der Waals surface area contributed by atoms with Crippen LogP contribution in [0.15, 0.2) is 24.3 Å². The van der Waals surface area contributed by atoms with Crippen LogP contribution in [0.4, 0.5) is 0 Å². The number of aryl methyl sites for hydroxylation is 2. The summed E-state index contributed by atoms with van der Waals surface area (Å²) in [7, 11) is 4.66. The van der Waals surface area contributed by atoms with Gasteiger partial charge in [0.15, 0.2) is 5.52 Å². The fourth-order valence-electron chi connectivity index (χ4n) is 3.64. The van der Waals surface area contributed by atoms with E-state index in [2.05, 4.69) is 32.9 Å². The number of methoxy groups -OCH3 is 3. The number of benzene rings is 2. The van der Waals surface area contributed by atoms with Crippen molar-refractivity contribution in [3.05, 3.63) is 46.5 Å². The maximum atomic E-state index is 13.7. The second-order valence-corrected chi connectivity index (χ2v) is 10.7. The van der Waals surface area contributed by atoms with Crippen LogP contribution in [0.3, 0.4) is 0 Å². The first-order valence-electron chi connectivity index (χ1n) is 12.1. The molecule has 0 aliphatic rings. The summed E-state index contributed by atoms with van der Waals surface area (Å²) in [4.78, 5) is 13.7. The van der Waals surface area contributed by atoms with E-state index in [0.29, 0.717) is 62.2 Å². The van der Waals surface area contributed by atoms with E-state index in [4.69, 9.17) is 28.4 Å². The van der Waals surface area contributed by atoms with Gasteiger partial charge in [-0.1, -0.05) is 32.9 Å². The van der Waals surface area contributed by atoms with Crippen LogP contribution >= 0.6 is 8.58 Å². The number of rotatable bonds is 15. The molecule has 1 atom stereocenters. The summed E-state index contributed by atoms with van der Waals surface area (Å²) < 4.78 is 33.3. The quantitative estimate of drug-likeness (QED) is 0.195. The third-order valence-electron chi connectivity index (χ3n) is 5.55. The van der Waals surface area contributed by atoms with Gasteiger partial charge in [0.05, 0.1) is 25.1 Å². The van der Waals surface area contributed by atoms with Gasteiger partial charge in [0.1, 0.15) is 37.1 Å². The van der Waals surface area contributed by atoms with Crippen molar-refractivity contribution in [3.63, 3.8) is 0 Å². The van der Waals surface area contributed by atoms with Crippen LogP contribution in [0.1, 0.15) is 47.8 Å². The summed E-state index contributed by atoms with van der Waals surface area (Å²) in [6.07, 6.45) is 0. The zero-order valence-corrected chi connectivity index (χ0v) is 23.9. The standard InChI is InChI=1S/C28H41O7P.Li.H/c1-19-15-21(28(3,4)5)16-20(2)25(19)27(29)36-26-23(34-13-10-31-7)17-22(33-12-9-30-6)18-24(26)35-14-11-32-8;;/h15-18,36H,9-14H2,1-8H3;;. The Bertz CT molecular complexity index is 951. The number of carbonyl (C=O) groups is 1. The van der Waals surface area contributed by atoms with Crippen molar-refractivity contribution in [2.45, 2.75) is 40.0 Å². The molecule has 9 heteroatoms. The Morgan fingerprint density at radius 1 is 0.730 bits per heavy atom. The van der Waals surface area contributed by atoms with E-state index >= 15 is 0 Å². The molecule has 2 rings (SSSR count). The summed E-state index contributed by atoms with van der Waals surface area (Å²) in [6.45, 7) is 12.8. The van der Waals surface area contributed by atoms with Crippen LogP contribution < -0.4 is 19.5 Å². The molecule has 0 N–H and O–H groups in total. The summed E-state index contributed by atoms with van der Waals surface area (Å²) >= 11 is 0. The van der Waals surface area contributed by atoms with E-state index in [9.17, 15) is 4.79 Å². The third kappa shape index (κ3) is 10.2. The van der Waals surface area contributed by atoms with Gasteiger partial charge >= 0.3 is 18.9 Å². The molecule has 0 saturated carbocycles. The van der Waals surface area contributed by atoms with Crippen molar-refractivity contribution in [2.75, 3.05) is 61.0 Å². The molecule has 0 aliphatic heterocycles. The van der Waals surface area contributed by atoms with Gasteiger partial charge in [-0.2, -0.15) is 0 Å². The first-order chi connectivity index (χ1) is 17.1. The van der Waals surface area contributed by atoms with Crippen LogP contribution in [-0.4, -0.2) is 85.4 Å². The zero-order valence-electron chi connectivity index (χ0n) is 22.9. The first kappa shape index (κ1) is 33.4. The van der Waals surface area contributed by atoms with Gasteiger partial charge in [-0.05, 0) is 44.5 Å². The van der Waals surface area contributed by atoms with Crippen LogP contribution in [0.25, 0.3) is 0 Å². The summed E-state index contributed by atoms with van der Waals surface area (Å²) in [5, 5.41) is 0.699. The van der Waals surface area contributed by atoms with Crippen LogP contribution in [-0.2, 0) is 19.6 Å². The van der Waals surface area contributed by atoms with E-state index in [1.807, 2.05) is 13.8 Å². The first-order valence-corrected chi connectivity index (χ1v) is 13.1. The van der Waals surface area contributed by atoms with Crippen molar-refractivity contribution in [1.29, 1.82) is 0 Å². The van der Waals surface area contributed by atoms with Gasteiger partial charge in [-0.15, -0.1) is 0 Å². The van der Waals surface area contributed by atoms with Crippen molar-refractivity contribution in [3.8, 4) is 17.2 Å². The summed E-state index contributed by atoms with van der Waals surface area (Å²) in [5.41, 5.74) is 3.94. The Morgan fingerprint density at radius 2 is 1.16 bits per heavy atom. The molecule has 0 radical (unpaired) electrons. The molecule has 37 heavy (non-hydrogen) atoms. The monoisotopic (exact) mass is 528 g/mol. The molecule has 0 aliphatic carbocycles. The summed E-state index contributed by atoms with van der Waals surface area (Å²) in [6, 6.07) is 7.83. The average Bonchev–Trinajstić information content (AvgIpc) is 2.80. The Balaban J connectivity index is 0.00000684. The molecule has 0 aromatic heterocycles. The van der Waals surface area contributed by atoms with Crippen molar-refractivity contribution in [1.82, 2.24) is 0 Å². The second-order valence-electron chi connectivity index (χ2n) is 9.51. The minimum atomic E-state index is -0.199. The van der Waals surface area contributed by atoms with Crippen molar-refractivity contribution < 1.29 is 33.2 Å². The molecule has 0 saturated heterocycles. The molecule has 0 spiro atoms. The molecule has 2 aromatic carbocycles. The normalized spacial score (nSPS) is 11.5. The maximum absolute atomic E-state index is 13.7. The van der Waals surface area contributed by atoms with Crippen molar-refractivity contribution >= 4 is 38.3 Å². The Hall–Kier alpha value is -1.58. The topological polar surface area (TPSA) is 72.5 Å². The van der Waals surface area contributed by atoms with Gasteiger partial charge in [0.2, 0.25) is 0 Å². The Kier molecular flexibility index (Phi) is 14.8. The van der Waals surface area contributed by atoms with Crippen molar-refractivity contribution in [2.24, 2.45) is 0 Å². The molecule has 202 valence electrons. The second kappa shape index (κ2) is 16.4. The zero-order chi connectivity index (χ0) is 26.7. The number of ether oxygens (including phenoxy) is 6. The van der Waals surface area contributed by atoms with Gasteiger partial charge in [-0.3, -0.25) is 4.79 Å². The van der Waals surface area contributed by atoms with E-state index < -0.39 is 0 Å². The molecule has 7 nitrogen and oxygen atoms in total. The van der Waals surface area contributed by atoms with E-state index in [1.54, 1.807) is 33.5 Å². The van der Waals surface area contributed by atoms with Gasteiger partial charge in [-0.25, -0.2) is 0 Å². The molecule has 0 heterocycles. The van der Waals surface area contributed by atoms with Crippen LogP contribution in [0.5, 0.6) is 17.2 Å². The number of hydrogen-bond donors (Lipinski definition) is 0. The SMILES string of the molecule is COCCOc1cc(OCCOC)c(PC(=O)c2c(C)cc(C(C)(C)C)cc2C)c(OCCOC)c1.[LiH]. The summed E-state index contributed by atoms with van der Waals surface area (Å²) in [5.74, 6) is 1.67. The van der Waals surface area contributed by atoms with E-state index in [0.717, 1.165) is 16.7 Å². The predicted octanol–water partition coefficient (Wildman–Crippen LogP) is 4.17. The third-order valence-corrected chi connectivity index (χ3v) is 6.77. The minimum absolute atomic E-state index is 0. The molecule has 2 aromatic rings. The van der Waals surface area contributed by atoms with E-state index in [-0.39, 0.29) is 38.4 Å². The van der Waals surface area contributed by atoms with Crippen LogP contribution in [0.2, 0.25) is 0 Å². The van der Waals surface area contributed by atoms with Gasteiger partial charge < -0.3 is 28.4 Å². The van der Waals surface area contributed by atoms with Gasteiger partial charge in [0.25, 0.3) is 0 Å². The van der Waals surface area contributed by atoms with Gasteiger partial charge in [0, 0.05) is 39.0 Å².